The molecule has 1 aromatic rings. The third-order valence-corrected chi connectivity index (χ3v) is 3.68. The highest BCUT2D eigenvalue weighted by Gasteiger charge is 2.28. The molecule has 2 atom stereocenters. The summed E-state index contributed by atoms with van der Waals surface area (Å²) in [5.41, 5.74) is 1.69. The molecule has 1 aliphatic carbocycles. The van der Waals surface area contributed by atoms with E-state index in [-0.39, 0.29) is 0 Å². The van der Waals surface area contributed by atoms with Crippen LogP contribution < -0.4 is 5.32 Å². The van der Waals surface area contributed by atoms with E-state index in [1.807, 2.05) is 12.3 Å². The van der Waals surface area contributed by atoms with Crippen LogP contribution in [0.5, 0.6) is 0 Å². The number of nitrogens with one attached hydrogen (secondary N) is 2. The fourth-order valence-electron chi connectivity index (χ4n) is 2.79. The maximum atomic E-state index is 4.00. The molecule has 2 rings (SSSR count). The predicted octanol–water partition coefficient (Wildman–Crippen LogP) is 3.03. The second kappa shape index (κ2) is 4.58. The third kappa shape index (κ3) is 2.85. The average molecular weight is 221 g/mol. The standard InChI is InChI=1S/C13H23N3/c1-10(12-6-8-14-16-12)15-11-5-4-7-13(2,3)9-11/h6,8,10-11,15H,4-5,7,9H2,1-3H3,(H,14,16). The van der Waals surface area contributed by atoms with E-state index < -0.39 is 0 Å². The van der Waals surface area contributed by atoms with Gasteiger partial charge < -0.3 is 5.32 Å². The van der Waals surface area contributed by atoms with Crippen LogP contribution in [0.2, 0.25) is 0 Å². The van der Waals surface area contributed by atoms with E-state index in [1.165, 1.54) is 31.4 Å². The van der Waals surface area contributed by atoms with Gasteiger partial charge in [-0.3, -0.25) is 5.10 Å². The fourth-order valence-corrected chi connectivity index (χ4v) is 2.79. The summed E-state index contributed by atoms with van der Waals surface area (Å²) in [6.07, 6.45) is 7.12. The number of aromatic nitrogens is 2. The Hall–Kier alpha value is -0.830. The van der Waals surface area contributed by atoms with E-state index in [1.54, 1.807) is 0 Å². The second-order valence-electron chi connectivity index (χ2n) is 5.86. The van der Waals surface area contributed by atoms with Crippen molar-refractivity contribution in [2.24, 2.45) is 5.41 Å². The van der Waals surface area contributed by atoms with Gasteiger partial charge in [0, 0.05) is 18.3 Å². The van der Waals surface area contributed by atoms with E-state index >= 15 is 0 Å². The zero-order chi connectivity index (χ0) is 11.6. The molecule has 2 unspecified atom stereocenters. The summed E-state index contributed by atoms with van der Waals surface area (Å²) in [4.78, 5) is 0. The topological polar surface area (TPSA) is 40.7 Å². The summed E-state index contributed by atoms with van der Waals surface area (Å²) in [6.45, 7) is 6.96. The van der Waals surface area contributed by atoms with Gasteiger partial charge in [0.2, 0.25) is 0 Å². The Kier molecular flexibility index (Phi) is 3.33. The Labute approximate surface area is 98.0 Å². The van der Waals surface area contributed by atoms with Crippen molar-refractivity contribution in [3.05, 3.63) is 18.0 Å². The summed E-state index contributed by atoms with van der Waals surface area (Å²) < 4.78 is 0. The maximum absolute atomic E-state index is 4.00. The van der Waals surface area contributed by atoms with E-state index in [0.29, 0.717) is 17.5 Å². The van der Waals surface area contributed by atoms with E-state index in [2.05, 4.69) is 36.3 Å². The predicted molar refractivity (Wildman–Crippen MR) is 66.2 cm³/mol. The summed E-state index contributed by atoms with van der Waals surface area (Å²) in [7, 11) is 0. The summed E-state index contributed by atoms with van der Waals surface area (Å²) in [6, 6.07) is 3.08. The molecule has 0 saturated heterocycles. The molecule has 1 aromatic heterocycles. The maximum Gasteiger partial charge on any atom is 0.0518 e. The van der Waals surface area contributed by atoms with Gasteiger partial charge in [-0.05, 0) is 37.7 Å². The smallest absolute Gasteiger partial charge is 0.0518 e. The molecule has 0 bridgehead atoms. The summed E-state index contributed by atoms with van der Waals surface area (Å²) in [5, 5.41) is 10.7. The van der Waals surface area contributed by atoms with Crippen LogP contribution >= 0.6 is 0 Å². The van der Waals surface area contributed by atoms with Gasteiger partial charge in [-0.15, -0.1) is 0 Å². The normalized spacial score (nSPS) is 26.6. The zero-order valence-electron chi connectivity index (χ0n) is 10.6. The van der Waals surface area contributed by atoms with Crippen LogP contribution in [0.3, 0.4) is 0 Å². The summed E-state index contributed by atoms with van der Waals surface area (Å²) >= 11 is 0. The van der Waals surface area contributed by atoms with Crippen molar-refractivity contribution in [2.75, 3.05) is 0 Å². The lowest BCUT2D eigenvalue weighted by molar-refractivity contribution is 0.190. The van der Waals surface area contributed by atoms with Gasteiger partial charge in [0.1, 0.15) is 0 Å². The molecule has 0 radical (unpaired) electrons. The number of hydrogen-bond donors (Lipinski definition) is 2. The lowest BCUT2D eigenvalue weighted by Gasteiger charge is -2.36. The van der Waals surface area contributed by atoms with Gasteiger partial charge in [-0.2, -0.15) is 5.10 Å². The van der Waals surface area contributed by atoms with E-state index in [0.717, 1.165) is 0 Å². The Balaban J connectivity index is 1.90. The van der Waals surface area contributed by atoms with Gasteiger partial charge in [-0.25, -0.2) is 0 Å². The first-order chi connectivity index (χ1) is 7.57. The lowest BCUT2D eigenvalue weighted by atomic mass is 9.75. The fraction of sp³-hybridized carbons (Fsp3) is 0.769. The van der Waals surface area contributed by atoms with Gasteiger partial charge in [0.05, 0.1) is 5.69 Å². The molecule has 16 heavy (non-hydrogen) atoms. The number of hydrogen-bond acceptors (Lipinski definition) is 2. The SMILES string of the molecule is CC(NC1CCCC(C)(C)C1)c1ccn[nH]1. The molecule has 0 spiro atoms. The van der Waals surface area contributed by atoms with Crippen LogP contribution in [0.25, 0.3) is 0 Å². The zero-order valence-corrected chi connectivity index (χ0v) is 10.6. The Bertz CT molecular complexity index is 316. The first-order valence-corrected chi connectivity index (χ1v) is 6.32. The molecule has 90 valence electrons. The van der Waals surface area contributed by atoms with Crippen LogP contribution in [0.4, 0.5) is 0 Å². The molecule has 1 heterocycles. The molecule has 1 fully saturated rings. The largest absolute Gasteiger partial charge is 0.306 e. The first kappa shape index (κ1) is 11.6. The van der Waals surface area contributed by atoms with Crippen LogP contribution in [0.1, 0.15) is 58.2 Å². The first-order valence-electron chi connectivity index (χ1n) is 6.32. The van der Waals surface area contributed by atoms with Gasteiger partial charge in [0.25, 0.3) is 0 Å². The van der Waals surface area contributed by atoms with E-state index in [4.69, 9.17) is 0 Å². The molecular formula is C13H23N3. The Morgan fingerprint density at radius 1 is 1.56 bits per heavy atom. The molecule has 0 aliphatic heterocycles. The van der Waals surface area contributed by atoms with Crippen molar-refractivity contribution in [2.45, 2.75) is 58.5 Å². The van der Waals surface area contributed by atoms with Crippen molar-refractivity contribution in [1.29, 1.82) is 0 Å². The van der Waals surface area contributed by atoms with Crippen LogP contribution in [-0.4, -0.2) is 16.2 Å². The average Bonchev–Trinajstić information content (AvgIpc) is 2.68. The van der Waals surface area contributed by atoms with Crippen molar-refractivity contribution in [3.8, 4) is 0 Å². The molecule has 1 saturated carbocycles. The van der Waals surface area contributed by atoms with Gasteiger partial charge in [-0.1, -0.05) is 20.3 Å². The monoisotopic (exact) mass is 221 g/mol. The third-order valence-electron chi connectivity index (χ3n) is 3.68. The van der Waals surface area contributed by atoms with Crippen molar-refractivity contribution >= 4 is 0 Å². The molecule has 2 N–H and O–H groups in total. The highest BCUT2D eigenvalue weighted by molar-refractivity contribution is 5.03. The Morgan fingerprint density at radius 3 is 3.00 bits per heavy atom. The highest BCUT2D eigenvalue weighted by Crippen LogP contribution is 2.35. The van der Waals surface area contributed by atoms with Crippen molar-refractivity contribution < 1.29 is 0 Å². The van der Waals surface area contributed by atoms with Crippen LogP contribution in [0.15, 0.2) is 12.3 Å². The molecule has 0 aromatic carbocycles. The van der Waals surface area contributed by atoms with Crippen LogP contribution in [-0.2, 0) is 0 Å². The molecule has 3 nitrogen and oxygen atoms in total. The summed E-state index contributed by atoms with van der Waals surface area (Å²) in [5.74, 6) is 0. The lowest BCUT2D eigenvalue weighted by Crippen LogP contribution is -2.38. The number of nitrogens with zero attached hydrogens (tertiary/aromatic N) is 1. The van der Waals surface area contributed by atoms with E-state index in [9.17, 15) is 0 Å². The highest BCUT2D eigenvalue weighted by atomic mass is 15.1. The number of rotatable bonds is 3. The molecule has 1 aliphatic rings. The molecule has 3 heteroatoms. The minimum absolute atomic E-state index is 0.376. The Morgan fingerprint density at radius 2 is 2.38 bits per heavy atom. The molecule has 0 amide bonds. The number of aromatic amines is 1. The van der Waals surface area contributed by atoms with Crippen LogP contribution in [0, 0.1) is 5.41 Å². The number of H-pyrrole nitrogens is 1. The molecular weight excluding hydrogens is 198 g/mol. The van der Waals surface area contributed by atoms with Gasteiger partial charge >= 0.3 is 0 Å². The minimum Gasteiger partial charge on any atom is -0.306 e. The second-order valence-corrected chi connectivity index (χ2v) is 5.86. The van der Waals surface area contributed by atoms with Gasteiger partial charge in [0.15, 0.2) is 0 Å². The quantitative estimate of drug-likeness (QED) is 0.823. The minimum atomic E-state index is 0.376. The van der Waals surface area contributed by atoms with Crippen molar-refractivity contribution in [1.82, 2.24) is 15.5 Å². The van der Waals surface area contributed by atoms with Crippen molar-refractivity contribution in [3.63, 3.8) is 0 Å².